The Morgan fingerprint density at radius 3 is 2.50 bits per heavy atom. The van der Waals surface area contributed by atoms with E-state index in [2.05, 4.69) is 6.07 Å². The third kappa shape index (κ3) is 2.92. The molecule has 0 amide bonds. The molecule has 0 saturated carbocycles. The van der Waals surface area contributed by atoms with Gasteiger partial charge in [-0.05, 0) is 36.4 Å². The van der Waals surface area contributed by atoms with Gasteiger partial charge in [-0.15, -0.1) is 0 Å². The van der Waals surface area contributed by atoms with Gasteiger partial charge in [-0.2, -0.15) is 5.26 Å². The Bertz CT molecular complexity index is 617. The SMILES string of the molecule is N#Cc1cc(C=O)ccc1Sc1ccc(Cl)cc1. The normalized spacial score (nSPS) is 9.78. The molecule has 0 atom stereocenters. The zero-order chi connectivity index (χ0) is 13.0. The minimum Gasteiger partial charge on any atom is -0.298 e. The second kappa shape index (κ2) is 5.72. The average molecular weight is 274 g/mol. The number of carbonyl (C=O) groups is 1. The van der Waals surface area contributed by atoms with Crippen LogP contribution in [-0.2, 0) is 0 Å². The van der Waals surface area contributed by atoms with Crippen LogP contribution < -0.4 is 0 Å². The number of rotatable bonds is 3. The Balaban J connectivity index is 2.31. The molecule has 4 heteroatoms. The number of nitrogens with zero attached hydrogens (tertiary/aromatic N) is 1. The van der Waals surface area contributed by atoms with Crippen LogP contribution in [0.2, 0.25) is 5.02 Å². The first-order valence-electron chi connectivity index (χ1n) is 5.15. The molecule has 0 aliphatic rings. The fraction of sp³-hybridized carbons (Fsp3) is 0. The summed E-state index contributed by atoms with van der Waals surface area (Å²) < 4.78 is 0. The number of halogens is 1. The van der Waals surface area contributed by atoms with Crippen LogP contribution in [0, 0.1) is 11.3 Å². The molecule has 88 valence electrons. The lowest BCUT2D eigenvalue weighted by atomic mass is 10.1. The van der Waals surface area contributed by atoms with Crippen LogP contribution in [-0.4, -0.2) is 6.29 Å². The molecule has 2 aromatic carbocycles. The van der Waals surface area contributed by atoms with E-state index in [9.17, 15) is 4.79 Å². The topological polar surface area (TPSA) is 40.9 Å². The molecule has 0 aliphatic heterocycles. The molecule has 0 unspecified atom stereocenters. The molecule has 0 bridgehead atoms. The van der Waals surface area contributed by atoms with Gasteiger partial charge in [-0.3, -0.25) is 4.79 Å². The summed E-state index contributed by atoms with van der Waals surface area (Å²) in [6, 6.07) is 14.5. The van der Waals surface area contributed by atoms with Gasteiger partial charge in [0.1, 0.15) is 12.4 Å². The van der Waals surface area contributed by atoms with Crippen molar-refractivity contribution in [2.75, 3.05) is 0 Å². The van der Waals surface area contributed by atoms with Crippen molar-refractivity contribution in [2.24, 2.45) is 0 Å². The van der Waals surface area contributed by atoms with Crippen molar-refractivity contribution in [3.8, 4) is 6.07 Å². The molecule has 0 radical (unpaired) electrons. The van der Waals surface area contributed by atoms with Crippen LogP contribution in [0.3, 0.4) is 0 Å². The van der Waals surface area contributed by atoms with Crippen LogP contribution in [0.4, 0.5) is 0 Å². The van der Waals surface area contributed by atoms with E-state index in [4.69, 9.17) is 16.9 Å². The standard InChI is InChI=1S/C14H8ClNOS/c15-12-2-4-13(5-3-12)18-14-6-1-10(9-17)7-11(14)8-16/h1-7,9H. The molecular formula is C14H8ClNOS. The smallest absolute Gasteiger partial charge is 0.150 e. The largest absolute Gasteiger partial charge is 0.298 e. The quantitative estimate of drug-likeness (QED) is 0.788. The fourth-order valence-electron chi connectivity index (χ4n) is 1.43. The second-order valence-electron chi connectivity index (χ2n) is 3.54. The van der Waals surface area contributed by atoms with Gasteiger partial charge in [0, 0.05) is 20.4 Å². The van der Waals surface area contributed by atoms with Crippen molar-refractivity contribution in [1.29, 1.82) is 5.26 Å². The van der Waals surface area contributed by atoms with E-state index < -0.39 is 0 Å². The van der Waals surface area contributed by atoms with E-state index in [0.29, 0.717) is 16.1 Å². The van der Waals surface area contributed by atoms with Crippen molar-refractivity contribution < 1.29 is 4.79 Å². The summed E-state index contributed by atoms with van der Waals surface area (Å²) in [6.07, 6.45) is 0.734. The van der Waals surface area contributed by atoms with Crippen molar-refractivity contribution in [2.45, 2.75) is 9.79 Å². The second-order valence-corrected chi connectivity index (χ2v) is 5.09. The number of hydrogen-bond donors (Lipinski definition) is 0. The predicted molar refractivity (Wildman–Crippen MR) is 72.1 cm³/mol. The summed E-state index contributed by atoms with van der Waals surface area (Å²) in [5.74, 6) is 0. The van der Waals surface area contributed by atoms with Gasteiger partial charge in [0.2, 0.25) is 0 Å². The first-order valence-corrected chi connectivity index (χ1v) is 6.35. The Kier molecular flexibility index (Phi) is 4.03. The molecule has 0 fully saturated rings. The highest BCUT2D eigenvalue weighted by Gasteiger charge is 2.05. The Labute approximate surface area is 114 Å². The summed E-state index contributed by atoms with van der Waals surface area (Å²) in [6.45, 7) is 0. The monoisotopic (exact) mass is 273 g/mol. The first kappa shape index (κ1) is 12.7. The third-order valence-electron chi connectivity index (χ3n) is 2.30. The van der Waals surface area contributed by atoms with Crippen LogP contribution in [0.15, 0.2) is 52.3 Å². The van der Waals surface area contributed by atoms with Gasteiger partial charge >= 0.3 is 0 Å². The number of benzene rings is 2. The van der Waals surface area contributed by atoms with Crippen molar-refractivity contribution in [1.82, 2.24) is 0 Å². The number of aldehydes is 1. The van der Waals surface area contributed by atoms with Crippen LogP contribution in [0.5, 0.6) is 0 Å². The molecule has 0 spiro atoms. The van der Waals surface area contributed by atoms with Gasteiger partial charge in [0.05, 0.1) is 5.56 Å². The lowest BCUT2D eigenvalue weighted by Crippen LogP contribution is -1.86. The lowest BCUT2D eigenvalue weighted by Gasteiger charge is -2.04. The number of hydrogen-bond acceptors (Lipinski definition) is 3. The Morgan fingerprint density at radius 1 is 1.17 bits per heavy atom. The van der Waals surface area contributed by atoms with E-state index >= 15 is 0 Å². The highest BCUT2D eigenvalue weighted by Crippen LogP contribution is 2.31. The zero-order valence-electron chi connectivity index (χ0n) is 9.26. The van der Waals surface area contributed by atoms with Gasteiger partial charge in [-0.1, -0.05) is 29.4 Å². The molecule has 2 aromatic rings. The van der Waals surface area contributed by atoms with Gasteiger partial charge < -0.3 is 0 Å². The summed E-state index contributed by atoms with van der Waals surface area (Å²) in [5, 5.41) is 9.74. The van der Waals surface area contributed by atoms with Crippen molar-refractivity contribution in [3.05, 3.63) is 58.6 Å². The molecule has 2 nitrogen and oxygen atoms in total. The van der Waals surface area contributed by atoms with Crippen molar-refractivity contribution in [3.63, 3.8) is 0 Å². The molecule has 0 saturated heterocycles. The zero-order valence-corrected chi connectivity index (χ0v) is 10.8. The van der Waals surface area contributed by atoms with Gasteiger partial charge in [-0.25, -0.2) is 0 Å². The highest BCUT2D eigenvalue weighted by molar-refractivity contribution is 7.99. The lowest BCUT2D eigenvalue weighted by molar-refractivity contribution is 0.112. The summed E-state index contributed by atoms with van der Waals surface area (Å²) in [4.78, 5) is 12.5. The number of carbonyl (C=O) groups excluding carboxylic acids is 1. The minimum absolute atomic E-state index is 0.500. The van der Waals surface area contributed by atoms with E-state index in [1.54, 1.807) is 30.3 Å². The maximum absolute atomic E-state index is 10.7. The molecule has 0 aliphatic carbocycles. The van der Waals surface area contributed by atoms with E-state index in [-0.39, 0.29) is 0 Å². The summed E-state index contributed by atoms with van der Waals surface area (Å²) >= 11 is 7.28. The van der Waals surface area contributed by atoms with E-state index in [1.807, 2.05) is 12.1 Å². The summed E-state index contributed by atoms with van der Waals surface area (Å²) in [7, 11) is 0. The Hall–Kier alpha value is -1.76. The average Bonchev–Trinajstić information content (AvgIpc) is 2.41. The highest BCUT2D eigenvalue weighted by atomic mass is 35.5. The predicted octanol–water partition coefficient (Wildman–Crippen LogP) is 4.18. The molecule has 18 heavy (non-hydrogen) atoms. The maximum atomic E-state index is 10.7. The fourth-order valence-corrected chi connectivity index (χ4v) is 2.43. The number of nitriles is 1. The first-order chi connectivity index (χ1) is 8.72. The summed E-state index contributed by atoms with van der Waals surface area (Å²) in [5.41, 5.74) is 1.01. The van der Waals surface area contributed by atoms with Crippen LogP contribution in [0.1, 0.15) is 15.9 Å². The van der Waals surface area contributed by atoms with Crippen LogP contribution in [0.25, 0.3) is 0 Å². The van der Waals surface area contributed by atoms with Gasteiger partial charge in [0.15, 0.2) is 0 Å². The van der Waals surface area contributed by atoms with Crippen LogP contribution >= 0.6 is 23.4 Å². The van der Waals surface area contributed by atoms with Crippen molar-refractivity contribution >= 4 is 29.6 Å². The third-order valence-corrected chi connectivity index (χ3v) is 3.64. The van der Waals surface area contributed by atoms with E-state index in [0.717, 1.165) is 16.1 Å². The minimum atomic E-state index is 0.500. The maximum Gasteiger partial charge on any atom is 0.150 e. The molecular weight excluding hydrogens is 266 g/mol. The van der Waals surface area contributed by atoms with E-state index in [1.165, 1.54) is 11.8 Å². The molecule has 0 aromatic heterocycles. The van der Waals surface area contributed by atoms with Gasteiger partial charge in [0.25, 0.3) is 0 Å². The Morgan fingerprint density at radius 2 is 1.89 bits per heavy atom. The molecule has 0 heterocycles. The molecule has 0 N–H and O–H groups in total. The molecule has 2 rings (SSSR count).